The molecule has 106 valence electrons. The monoisotopic (exact) mass is 264 g/mol. The highest BCUT2D eigenvalue weighted by molar-refractivity contribution is 5.80. The minimum absolute atomic E-state index is 0.00486. The van der Waals surface area contributed by atoms with Gasteiger partial charge in [0.05, 0.1) is 12.6 Å². The Morgan fingerprint density at radius 1 is 1.26 bits per heavy atom. The fourth-order valence-corrected chi connectivity index (χ4v) is 1.84. The van der Waals surface area contributed by atoms with Crippen LogP contribution in [0.25, 0.3) is 0 Å². The Morgan fingerprint density at radius 2 is 1.89 bits per heavy atom. The summed E-state index contributed by atoms with van der Waals surface area (Å²) in [7, 11) is 1.64. The minimum Gasteiger partial charge on any atom is -0.494 e. The van der Waals surface area contributed by atoms with E-state index in [0.29, 0.717) is 0 Å². The summed E-state index contributed by atoms with van der Waals surface area (Å²) in [6.45, 7) is 6.72. The van der Waals surface area contributed by atoms with Crippen molar-refractivity contribution in [3.8, 4) is 5.75 Å². The molecule has 2 atom stereocenters. The average Bonchev–Trinajstić information content (AvgIpc) is 2.44. The minimum atomic E-state index is -0.212. The number of carbonyl (C=O) groups is 1. The van der Waals surface area contributed by atoms with Gasteiger partial charge in [0.2, 0.25) is 5.91 Å². The highest BCUT2D eigenvalue weighted by Gasteiger charge is 2.14. The van der Waals surface area contributed by atoms with Crippen molar-refractivity contribution in [2.24, 2.45) is 0 Å². The quantitative estimate of drug-likeness (QED) is 0.794. The van der Waals surface area contributed by atoms with Crippen LogP contribution in [0.1, 0.15) is 38.8 Å². The molecule has 0 aliphatic carbocycles. The third-order valence-electron chi connectivity index (χ3n) is 2.99. The van der Waals surface area contributed by atoms with Crippen molar-refractivity contribution in [3.63, 3.8) is 0 Å². The molecule has 1 aromatic carbocycles. The lowest BCUT2D eigenvalue weighted by Crippen LogP contribution is -2.41. The number of hydrogen-bond donors (Lipinski definition) is 2. The van der Waals surface area contributed by atoms with Crippen molar-refractivity contribution in [2.75, 3.05) is 13.7 Å². The zero-order chi connectivity index (χ0) is 14.3. The molecule has 2 N–H and O–H groups in total. The lowest BCUT2D eigenvalue weighted by atomic mass is 10.1. The first kappa shape index (κ1) is 15.5. The normalized spacial score (nSPS) is 13.7. The first-order valence-electron chi connectivity index (χ1n) is 6.78. The number of ether oxygens (including phenoxy) is 1. The predicted octanol–water partition coefficient (Wildman–Crippen LogP) is 2.26. The summed E-state index contributed by atoms with van der Waals surface area (Å²) in [5.41, 5.74) is 1.14. The number of benzene rings is 1. The molecule has 0 spiro atoms. The summed E-state index contributed by atoms with van der Waals surface area (Å²) in [5.74, 6) is 0.881. The fourth-order valence-electron chi connectivity index (χ4n) is 1.84. The smallest absolute Gasteiger partial charge is 0.236 e. The standard InChI is InChI=1S/C15H24N2O2/c1-5-10-19-14-8-6-13(7-9-14)11(2)17-12(3)15(18)16-4/h6-9,11-12,17H,5,10H2,1-4H3,(H,16,18). The van der Waals surface area contributed by atoms with Crippen LogP contribution in [-0.4, -0.2) is 25.6 Å². The number of carbonyl (C=O) groups excluding carboxylic acids is 1. The van der Waals surface area contributed by atoms with Crippen molar-refractivity contribution in [1.29, 1.82) is 0 Å². The number of hydrogen-bond acceptors (Lipinski definition) is 3. The highest BCUT2D eigenvalue weighted by Crippen LogP contribution is 2.18. The summed E-state index contributed by atoms with van der Waals surface area (Å²) >= 11 is 0. The van der Waals surface area contributed by atoms with E-state index in [-0.39, 0.29) is 18.0 Å². The van der Waals surface area contributed by atoms with Crippen molar-refractivity contribution < 1.29 is 9.53 Å². The molecule has 0 aromatic heterocycles. The second-order valence-electron chi connectivity index (χ2n) is 4.64. The van der Waals surface area contributed by atoms with Crippen LogP contribution in [0.4, 0.5) is 0 Å². The molecule has 0 bridgehead atoms. The van der Waals surface area contributed by atoms with Gasteiger partial charge in [-0.05, 0) is 38.0 Å². The maximum Gasteiger partial charge on any atom is 0.236 e. The first-order chi connectivity index (χ1) is 9.08. The summed E-state index contributed by atoms with van der Waals surface area (Å²) < 4.78 is 5.54. The summed E-state index contributed by atoms with van der Waals surface area (Å²) in [5, 5.41) is 5.89. The van der Waals surface area contributed by atoms with E-state index in [1.54, 1.807) is 7.05 Å². The Labute approximate surface area is 115 Å². The number of nitrogens with one attached hydrogen (secondary N) is 2. The second-order valence-corrected chi connectivity index (χ2v) is 4.64. The van der Waals surface area contributed by atoms with Gasteiger partial charge in [0.1, 0.15) is 5.75 Å². The molecule has 0 saturated carbocycles. The molecule has 0 radical (unpaired) electrons. The van der Waals surface area contributed by atoms with Crippen LogP contribution in [0.5, 0.6) is 5.75 Å². The molecule has 0 fully saturated rings. The van der Waals surface area contributed by atoms with Crippen LogP contribution >= 0.6 is 0 Å². The van der Waals surface area contributed by atoms with Crippen LogP contribution in [0.15, 0.2) is 24.3 Å². The van der Waals surface area contributed by atoms with E-state index in [1.807, 2.05) is 38.1 Å². The van der Waals surface area contributed by atoms with E-state index in [1.165, 1.54) is 0 Å². The van der Waals surface area contributed by atoms with Gasteiger partial charge in [-0.1, -0.05) is 19.1 Å². The zero-order valence-corrected chi connectivity index (χ0v) is 12.2. The van der Waals surface area contributed by atoms with Gasteiger partial charge < -0.3 is 10.1 Å². The Hall–Kier alpha value is -1.55. The van der Waals surface area contributed by atoms with E-state index >= 15 is 0 Å². The average molecular weight is 264 g/mol. The molecule has 4 heteroatoms. The molecule has 1 amide bonds. The van der Waals surface area contributed by atoms with E-state index in [0.717, 1.165) is 24.3 Å². The topological polar surface area (TPSA) is 50.4 Å². The lowest BCUT2D eigenvalue weighted by molar-refractivity contribution is -0.122. The number of rotatable bonds is 7. The van der Waals surface area contributed by atoms with Crippen molar-refractivity contribution >= 4 is 5.91 Å². The van der Waals surface area contributed by atoms with E-state index in [2.05, 4.69) is 17.6 Å². The molecule has 19 heavy (non-hydrogen) atoms. The van der Waals surface area contributed by atoms with Crippen molar-refractivity contribution in [1.82, 2.24) is 10.6 Å². The largest absolute Gasteiger partial charge is 0.494 e. The Bertz CT molecular complexity index is 390. The van der Waals surface area contributed by atoms with Crippen LogP contribution in [-0.2, 0) is 4.79 Å². The third kappa shape index (κ3) is 4.91. The number of amides is 1. The summed E-state index contributed by atoms with van der Waals surface area (Å²) in [6, 6.07) is 7.89. The van der Waals surface area contributed by atoms with Crippen LogP contribution < -0.4 is 15.4 Å². The maximum atomic E-state index is 11.5. The highest BCUT2D eigenvalue weighted by atomic mass is 16.5. The van der Waals surface area contributed by atoms with Gasteiger partial charge in [0, 0.05) is 13.1 Å². The third-order valence-corrected chi connectivity index (χ3v) is 2.99. The molecule has 1 rings (SSSR count). The van der Waals surface area contributed by atoms with Crippen LogP contribution in [0.2, 0.25) is 0 Å². The van der Waals surface area contributed by atoms with Gasteiger partial charge in [0.25, 0.3) is 0 Å². The second kappa shape index (κ2) is 7.79. The maximum absolute atomic E-state index is 11.5. The van der Waals surface area contributed by atoms with Gasteiger partial charge in [-0.2, -0.15) is 0 Å². The van der Waals surface area contributed by atoms with Gasteiger partial charge in [-0.25, -0.2) is 0 Å². The van der Waals surface area contributed by atoms with Gasteiger partial charge in [-0.3, -0.25) is 10.1 Å². The van der Waals surface area contributed by atoms with Crippen LogP contribution in [0.3, 0.4) is 0 Å². The van der Waals surface area contributed by atoms with Gasteiger partial charge in [-0.15, -0.1) is 0 Å². The van der Waals surface area contributed by atoms with E-state index < -0.39 is 0 Å². The van der Waals surface area contributed by atoms with E-state index in [9.17, 15) is 4.79 Å². The molecule has 1 aromatic rings. The summed E-state index contributed by atoms with van der Waals surface area (Å²) in [4.78, 5) is 11.5. The molecule has 2 unspecified atom stereocenters. The molecule has 0 heterocycles. The molecular weight excluding hydrogens is 240 g/mol. The Morgan fingerprint density at radius 3 is 2.42 bits per heavy atom. The zero-order valence-electron chi connectivity index (χ0n) is 12.2. The lowest BCUT2D eigenvalue weighted by Gasteiger charge is -2.19. The van der Waals surface area contributed by atoms with Crippen molar-refractivity contribution in [3.05, 3.63) is 29.8 Å². The van der Waals surface area contributed by atoms with Gasteiger partial charge in [0.15, 0.2) is 0 Å². The fraction of sp³-hybridized carbons (Fsp3) is 0.533. The molecular formula is C15H24N2O2. The summed E-state index contributed by atoms with van der Waals surface area (Å²) in [6.07, 6.45) is 1.00. The Kier molecular flexibility index (Phi) is 6.36. The number of likely N-dealkylation sites (N-methyl/N-ethyl adjacent to an activating group) is 1. The van der Waals surface area contributed by atoms with Crippen molar-refractivity contribution in [2.45, 2.75) is 39.3 Å². The predicted molar refractivity (Wildman–Crippen MR) is 77.3 cm³/mol. The Balaban J connectivity index is 2.57. The first-order valence-corrected chi connectivity index (χ1v) is 6.78. The molecule has 0 aliphatic rings. The van der Waals surface area contributed by atoms with Crippen LogP contribution in [0, 0.1) is 0 Å². The molecule has 0 aliphatic heterocycles. The van der Waals surface area contributed by atoms with Gasteiger partial charge >= 0.3 is 0 Å². The van der Waals surface area contributed by atoms with E-state index in [4.69, 9.17) is 4.74 Å². The molecule has 4 nitrogen and oxygen atoms in total. The molecule has 0 saturated heterocycles. The SMILES string of the molecule is CCCOc1ccc(C(C)NC(C)C(=O)NC)cc1.